The molecule has 0 aliphatic rings. The van der Waals surface area contributed by atoms with Crippen molar-refractivity contribution < 1.29 is 32.6 Å². The van der Waals surface area contributed by atoms with E-state index in [9.17, 15) is 22.8 Å². The molecule has 0 aliphatic carbocycles. The number of alkyl halides is 3. The molecule has 0 saturated heterocycles. The predicted octanol–water partition coefficient (Wildman–Crippen LogP) is 3.85. The minimum atomic E-state index is -4.64. The van der Waals surface area contributed by atoms with Gasteiger partial charge in [-0.25, -0.2) is 9.59 Å². The molecule has 1 N–H and O–H groups in total. The molecule has 0 saturated carbocycles. The van der Waals surface area contributed by atoms with Crippen molar-refractivity contribution in [1.82, 2.24) is 0 Å². The van der Waals surface area contributed by atoms with Crippen molar-refractivity contribution in [2.45, 2.75) is 64.1 Å². The largest absolute Gasteiger partial charge is 0.478 e. The van der Waals surface area contributed by atoms with Crippen molar-refractivity contribution in [2.75, 3.05) is 0 Å². The monoisotopic (exact) mass is 310 g/mol. The summed E-state index contributed by atoms with van der Waals surface area (Å²) in [5, 5.41) is 8.28. The summed E-state index contributed by atoms with van der Waals surface area (Å²) in [5.41, 5.74) is 0. The molecule has 7 heteroatoms. The van der Waals surface area contributed by atoms with Crippen LogP contribution in [0.2, 0.25) is 0 Å². The smallest absolute Gasteiger partial charge is 0.425 e. The summed E-state index contributed by atoms with van der Waals surface area (Å²) in [6.07, 6.45) is -1.31. The number of unbranched alkanes of at least 4 members (excludes halogenated alkanes) is 5. The molecular weight excluding hydrogens is 289 g/mol. The first kappa shape index (κ1) is 19.5. The number of hydrogen-bond donors (Lipinski definition) is 1. The Bertz CT molecular complexity index is 351. The summed E-state index contributed by atoms with van der Waals surface area (Å²) in [5.74, 6) is -2.72. The van der Waals surface area contributed by atoms with Gasteiger partial charge in [0.1, 0.15) is 0 Å². The molecule has 0 heterocycles. The van der Waals surface area contributed by atoms with Gasteiger partial charge in [0, 0.05) is 12.2 Å². The number of carboxylic acids is 1. The fraction of sp³-hybridized carbons (Fsp3) is 0.714. The molecule has 0 rings (SSSR count). The number of esters is 1. The predicted molar refractivity (Wildman–Crippen MR) is 70.7 cm³/mol. The van der Waals surface area contributed by atoms with Crippen LogP contribution in [0.4, 0.5) is 13.2 Å². The van der Waals surface area contributed by atoms with Gasteiger partial charge in [-0.15, -0.1) is 0 Å². The molecule has 0 spiro atoms. The van der Waals surface area contributed by atoms with E-state index in [0.29, 0.717) is 25.0 Å². The zero-order valence-corrected chi connectivity index (χ0v) is 12.0. The Balaban J connectivity index is 4.22. The summed E-state index contributed by atoms with van der Waals surface area (Å²) in [7, 11) is 0. The van der Waals surface area contributed by atoms with Gasteiger partial charge in [-0.3, -0.25) is 0 Å². The van der Waals surface area contributed by atoms with Gasteiger partial charge in [-0.05, 0) is 12.8 Å². The summed E-state index contributed by atoms with van der Waals surface area (Å²) in [6.45, 7) is 2.05. The third kappa shape index (κ3) is 10.9. The van der Waals surface area contributed by atoms with Crippen molar-refractivity contribution in [3.63, 3.8) is 0 Å². The van der Waals surface area contributed by atoms with E-state index in [1.54, 1.807) is 0 Å². The molecule has 0 aliphatic heterocycles. The summed E-state index contributed by atoms with van der Waals surface area (Å²) < 4.78 is 42.4. The molecule has 21 heavy (non-hydrogen) atoms. The molecule has 0 amide bonds. The first-order chi connectivity index (χ1) is 9.77. The summed E-state index contributed by atoms with van der Waals surface area (Å²) >= 11 is 0. The Hall–Kier alpha value is -1.53. The average molecular weight is 310 g/mol. The van der Waals surface area contributed by atoms with Crippen LogP contribution in [0, 0.1) is 0 Å². The van der Waals surface area contributed by atoms with Crippen molar-refractivity contribution in [3.8, 4) is 0 Å². The van der Waals surface area contributed by atoms with Crippen LogP contribution >= 0.6 is 0 Å². The van der Waals surface area contributed by atoms with E-state index in [-0.39, 0.29) is 6.42 Å². The number of ether oxygens (including phenoxy) is 1. The van der Waals surface area contributed by atoms with Gasteiger partial charge in [-0.2, -0.15) is 13.2 Å². The Morgan fingerprint density at radius 1 is 1.10 bits per heavy atom. The van der Waals surface area contributed by atoms with Crippen molar-refractivity contribution in [3.05, 3.63) is 12.2 Å². The van der Waals surface area contributed by atoms with Crippen LogP contribution in [0.25, 0.3) is 0 Å². The van der Waals surface area contributed by atoms with Crippen LogP contribution in [0.3, 0.4) is 0 Å². The van der Waals surface area contributed by atoms with E-state index in [1.165, 1.54) is 0 Å². The number of aliphatic carboxylic acids is 1. The highest BCUT2D eigenvalue weighted by atomic mass is 19.4. The normalized spacial score (nSPS) is 13.3. The van der Waals surface area contributed by atoms with Crippen LogP contribution in [-0.2, 0) is 14.3 Å². The first-order valence-corrected chi connectivity index (χ1v) is 6.95. The minimum absolute atomic E-state index is 0.303. The zero-order valence-electron chi connectivity index (χ0n) is 12.0. The summed E-state index contributed by atoms with van der Waals surface area (Å²) in [4.78, 5) is 21.3. The maximum Gasteiger partial charge on any atom is 0.425 e. The molecule has 0 fully saturated rings. The van der Waals surface area contributed by atoms with E-state index in [0.717, 1.165) is 25.7 Å². The minimum Gasteiger partial charge on any atom is -0.478 e. The molecule has 1 atom stereocenters. The van der Waals surface area contributed by atoms with E-state index < -0.39 is 24.2 Å². The SMILES string of the molecule is CCCCCCCCC(OC(=O)/C=C/C(=O)O)C(F)(F)F. The Morgan fingerprint density at radius 3 is 2.19 bits per heavy atom. The average Bonchev–Trinajstić information content (AvgIpc) is 2.37. The second kappa shape index (κ2) is 10.2. The number of rotatable bonds is 10. The van der Waals surface area contributed by atoms with Crippen molar-refractivity contribution >= 4 is 11.9 Å². The Morgan fingerprint density at radius 2 is 1.67 bits per heavy atom. The molecule has 0 bridgehead atoms. The lowest BCUT2D eigenvalue weighted by molar-refractivity contribution is -0.220. The number of carbonyl (C=O) groups excluding carboxylic acids is 1. The molecule has 1 unspecified atom stereocenters. The summed E-state index contributed by atoms with van der Waals surface area (Å²) in [6, 6.07) is 0. The molecule has 4 nitrogen and oxygen atoms in total. The van der Waals surface area contributed by atoms with Gasteiger partial charge in [0.25, 0.3) is 0 Å². The van der Waals surface area contributed by atoms with E-state index in [4.69, 9.17) is 5.11 Å². The maximum absolute atomic E-state index is 12.7. The molecule has 0 aromatic rings. The third-order valence-electron chi connectivity index (χ3n) is 2.81. The van der Waals surface area contributed by atoms with Crippen LogP contribution in [0.5, 0.6) is 0 Å². The second-order valence-electron chi connectivity index (χ2n) is 4.70. The van der Waals surface area contributed by atoms with Crippen LogP contribution in [0.1, 0.15) is 51.9 Å². The highest BCUT2D eigenvalue weighted by molar-refractivity contribution is 5.90. The Labute approximate surface area is 122 Å². The quantitative estimate of drug-likeness (QED) is 0.378. The van der Waals surface area contributed by atoms with Gasteiger partial charge in [0.2, 0.25) is 0 Å². The van der Waals surface area contributed by atoms with Gasteiger partial charge in [0.05, 0.1) is 0 Å². The number of carboxylic acid groups (broad SMARTS) is 1. The van der Waals surface area contributed by atoms with Crippen LogP contribution < -0.4 is 0 Å². The standard InChI is InChI=1S/C14H21F3O4/c1-2-3-4-5-6-7-8-11(14(15,16)17)21-13(20)10-9-12(18)19/h9-11H,2-8H2,1H3,(H,18,19)/b10-9+. The van der Waals surface area contributed by atoms with E-state index in [1.807, 2.05) is 6.92 Å². The first-order valence-electron chi connectivity index (χ1n) is 6.95. The number of carbonyl (C=O) groups is 2. The molecule has 0 aromatic heterocycles. The number of hydrogen-bond acceptors (Lipinski definition) is 3. The topological polar surface area (TPSA) is 63.6 Å². The van der Waals surface area contributed by atoms with Crippen molar-refractivity contribution in [1.29, 1.82) is 0 Å². The third-order valence-corrected chi connectivity index (χ3v) is 2.81. The highest BCUT2D eigenvalue weighted by Crippen LogP contribution is 2.27. The van der Waals surface area contributed by atoms with E-state index >= 15 is 0 Å². The van der Waals surface area contributed by atoms with Gasteiger partial charge >= 0.3 is 18.1 Å². The van der Waals surface area contributed by atoms with Crippen LogP contribution in [0.15, 0.2) is 12.2 Å². The lowest BCUT2D eigenvalue weighted by Gasteiger charge is -2.19. The Kier molecular flexibility index (Phi) is 9.49. The lowest BCUT2D eigenvalue weighted by atomic mass is 10.1. The fourth-order valence-corrected chi connectivity index (χ4v) is 1.72. The second-order valence-corrected chi connectivity index (χ2v) is 4.70. The van der Waals surface area contributed by atoms with Crippen molar-refractivity contribution in [2.24, 2.45) is 0 Å². The van der Waals surface area contributed by atoms with Crippen LogP contribution in [-0.4, -0.2) is 29.3 Å². The highest BCUT2D eigenvalue weighted by Gasteiger charge is 2.41. The van der Waals surface area contributed by atoms with Gasteiger partial charge in [-0.1, -0.05) is 39.0 Å². The molecule has 0 radical (unpaired) electrons. The molecule has 0 aromatic carbocycles. The lowest BCUT2D eigenvalue weighted by Crippen LogP contribution is -2.33. The van der Waals surface area contributed by atoms with E-state index in [2.05, 4.69) is 4.74 Å². The van der Waals surface area contributed by atoms with Gasteiger partial charge < -0.3 is 9.84 Å². The van der Waals surface area contributed by atoms with Gasteiger partial charge in [0.15, 0.2) is 6.10 Å². The fourth-order valence-electron chi connectivity index (χ4n) is 1.72. The maximum atomic E-state index is 12.7. The molecule has 122 valence electrons. The zero-order chi connectivity index (χ0) is 16.3. The number of halogens is 3. The molecular formula is C14H21F3O4.